The summed E-state index contributed by atoms with van der Waals surface area (Å²) in [6, 6.07) is 0.872. The lowest BCUT2D eigenvalue weighted by atomic mass is 10.0. The third kappa shape index (κ3) is 3.30. The van der Waals surface area contributed by atoms with E-state index in [2.05, 4.69) is 27.8 Å². The zero-order valence-electron chi connectivity index (χ0n) is 12.6. The molecule has 19 heavy (non-hydrogen) atoms. The predicted molar refractivity (Wildman–Crippen MR) is 85.0 cm³/mol. The summed E-state index contributed by atoms with van der Waals surface area (Å²) in [7, 11) is 0. The van der Waals surface area contributed by atoms with Gasteiger partial charge in [-0.15, -0.1) is 0 Å². The van der Waals surface area contributed by atoms with Crippen molar-refractivity contribution in [2.75, 3.05) is 39.0 Å². The van der Waals surface area contributed by atoms with Gasteiger partial charge in [-0.1, -0.05) is 19.3 Å². The van der Waals surface area contributed by atoms with Crippen molar-refractivity contribution < 1.29 is 0 Å². The SMILES string of the molecule is CSC1(CN2CCCN3CCCCC3C2)CCCC1. The van der Waals surface area contributed by atoms with E-state index in [1.807, 2.05) is 0 Å². The quantitative estimate of drug-likeness (QED) is 0.785. The molecule has 1 aliphatic carbocycles. The van der Waals surface area contributed by atoms with Gasteiger partial charge in [-0.25, -0.2) is 0 Å². The highest BCUT2D eigenvalue weighted by Gasteiger charge is 2.36. The highest BCUT2D eigenvalue weighted by Crippen LogP contribution is 2.41. The van der Waals surface area contributed by atoms with Crippen molar-refractivity contribution in [1.82, 2.24) is 9.80 Å². The number of rotatable bonds is 3. The summed E-state index contributed by atoms with van der Waals surface area (Å²) in [5, 5.41) is 0. The molecule has 0 aromatic carbocycles. The molecule has 0 N–H and O–H groups in total. The summed E-state index contributed by atoms with van der Waals surface area (Å²) in [6.07, 6.45) is 13.9. The summed E-state index contributed by atoms with van der Waals surface area (Å²) < 4.78 is 0.601. The zero-order valence-corrected chi connectivity index (χ0v) is 13.4. The molecule has 3 aliphatic rings. The van der Waals surface area contributed by atoms with E-state index >= 15 is 0 Å². The van der Waals surface area contributed by atoms with Crippen LogP contribution in [0.4, 0.5) is 0 Å². The second-order valence-corrected chi connectivity index (χ2v) is 8.14. The molecular formula is C16H30N2S. The number of thioether (sulfide) groups is 1. The molecule has 0 spiro atoms. The van der Waals surface area contributed by atoms with Crippen LogP contribution >= 0.6 is 11.8 Å². The standard InChI is InChI=1S/C16H30N2S/c1-19-16(8-3-4-9-16)14-17-10-6-12-18-11-5-2-7-15(18)13-17/h15H,2-14H2,1H3. The fourth-order valence-electron chi connectivity index (χ4n) is 4.45. The Morgan fingerprint density at radius 3 is 2.58 bits per heavy atom. The maximum absolute atomic E-state index is 2.82. The Morgan fingerprint density at radius 2 is 1.79 bits per heavy atom. The van der Waals surface area contributed by atoms with E-state index in [0.717, 1.165) is 6.04 Å². The number of hydrogen-bond donors (Lipinski definition) is 0. The zero-order chi connectivity index (χ0) is 13.1. The topological polar surface area (TPSA) is 6.48 Å². The molecule has 3 rings (SSSR count). The van der Waals surface area contributed by atoms with Gasteiger partial charge in [0, 0.05) is 23.9 Å². The van der Waals surface area contributed by atoms with Crippen LogP contribution in [0.2, 0.25) is 0 Å². The van der Waals surface area contributed by atoms with E-state index in [1.165, 1.54) is 84.1 Å². The van der Waals surface area contributed by atoms with E-state index < -0.39 is 0 Å². The Morgan fingerprint density at radius 1 is 1.00 bits per heavy atom. The molecule has 3 heteroatoms. The highest BCUT2D eigenvalue weighted by atomic mass is 32.2. The first kappa shape index (κ1) is 14.2. The lowest BCUT2D eigenvalue weighted by molar-refractivity contribution is 0.133. The molecule has 2 saturated heterocycles. The average Bonchev–Trinajstić information content (AvgIpc) is 2.80. The summed E-state index contributed by atoms with van der Waals surface area (Å²) in [5.74, 6) is 0. The number of piperidine rings is 1. The lowest BCUT2D eigenvalue weighted by Crippen LogP contribution is -2.46. The van der Waals surface area contributed by atoms with E-state index in [4.69, 9.17) is 0 Å². The number of fused-ring (bicyclic) bond motifs is 1. The van der Waals surface area contributed by atoms with Crippen LogP contribution in [0, 0.1) is 0 Å². The first-order valence-electron chi connectivity index (χ1n) is 8.33. The fourth-order valence-corrected chi connectivity index (χ4v) is 5.45. The molecule has 2 aliphatic heterocycles. The van der Waals surface area contributed by atoms with Crippen molar-refractivity contribution in [3.05, 3.63) is 0 Å². The highest BCUT2D eigenvalue weighted by molar-refractivity contribution is 8.00. The van der Waals surface area contributed by atoms with Crippen LogP contribution in [-0.2, 0) is 0 Å². The van der Waals surface area contributed by atoms with Gasteiger partial charge < -0.3 is 4.90 Å². The van der Waals surface area contributed by atoms with Crippen molar-refractivity contribution in [2.24, 2.45) is 0 Å². The normalized spacial score (nSPS) is 33.0. The predicted octanol–water partition coefficient (Wildman–Crippen LogP) is 3.22. The van der Waals surface area contributed by atoms with Crippen LogP contribution in [-0.4, -0.2) is 59.6 Å². The van der Waals surface area contributed by atoms with Gasteiger partial charge in [-0.05, 0) is 58.0 Å². The minimum absolute atomic E-state index is 0.601. The van der Waals surface area contributed by atoms with Gasteiger partial charge in [0.15, 0.2) is 0 Å². The van der Waals surface area contributed by atoms with E-state index in [-0.39, 0.29) is 0 Å². The molecular weight excluding hydrogens is 252 g/mol. The van der Waals surface area contributed by atoms with Gasteiger partial charge >= 0.3 is 0 Å². The summed E-state index contributed by atoms with van der Waals surface area (Å²) in [6.45, 7) is 6.77. The van der Waals surface area contributed by atoms with E-state index in [0.29, 0.717) is 4.75 Å². The van der Waals surface area contributed by atoms with Crippen LogP contribution < -0.4 is 0 Å². The molecule has 0 amide bonds. The van der Waals surface area contributed by atoms with E-state index in [9.17, 15) is 0 Å². The fraction of sp³-hybridized carbons (Fsp3) is 1.00. The van der Waals surface area contributed by atoms with Crippen molar-refractivity contribution in [3.8, 4) is 0 Å². The summed E-state index contributed by atoms with van der Waals surface area (Å²) in [4.78, 5) is 5.60. The lowest BCUT2D eigenvalue weighted by Gasteiger charge is -2.38. The van der Waals surface area contributed by atoms with Crippen molar-refractivity contribution in [1.29, 1.82) is 0 Å². The van der Waals surface area contributed by atoms with Crippen molar-refractivity contribution in [2.45, 2.75) is 62.2 Å². The summed E-state index contributed by atoms with van der Waals surface area (Å²) >= 11 is 2.15. The number of nitrogens with zero attached hydrogens (tertiary/aromatic N) is 2. The molecule has 0 radical (unpaired) electrons. The largest absolute Gasteiger partial charge is 0.300 e. The first-order chi connectivity index (χ1) is 9.31. The first-order valence-corrected chi connectivity index (χ1v) is 9.55. The van der Waals surface area contributed by atoms with Gasteiger partial charge in [0.05, 0.1) is 0 Å². The maximum atomic E-state index is 2.82. The minimum Gasteiger partial charge on any atom is -0.300 e. The molecule has 2 heterocycles. The summed E-state index contributed by atoms with van der Waals surface area (Å²) in [5.41, 5.74) is 0. The molecule has 3 fully saturated rings. The van der Waals surface area contributed by atoms with Gasteiger partial charge in [0.25, 0.3) is 0 Å². The Balaban J connectivity index is 1.61. The molecule has 2 nitrogen and oxygen atoms in total. The average molecular weight is 282 g/mol. The molecule has 1 saturated carbocycles. The van der Waals surface area contributed by atoms with Crippen LogP contribution in [0.5, 0.6) is 0 Å². The maximum Gasteiger partial charge on any atom is 0.0284 e. The Hall–Kier alpha value is 0.270. The van der Waals surface area contributed by atoms with Gasteiger partial charge in [0.1, 0.15) is 0 Å². The van der Waals surface area contributed by atoms with Gasteiger partial charge in [0.2, 0.25) is 0 Å². The van der Waals surface area contributed by atoms with Gasteiger partial charge in [-0.3, -0.25) is 4.90 Å². The minimum atomic E-state index is 0.601. The Bertz CT molecular complexity index is 288. The molecule has 110 valence electrons. The van der Waals surface area contributed by atoms with Crippen LogP contribution in [0.3, 0.4) is 0 Å². The van der Waals surface area contributed by atoms with E-state index in [1.54, 1.807) is 0 Å². The van der Waals surface area contributed by atoms with Gasteiger partial charge in [-0.2, -0.15) is 11.8 Å². The third-order valence-corrected chi connectivity index (χ3v) is 7.00. The van der Waals surface area contributed by atoms with Crippen molar-refractivity contribution in [3.63, 3.8) is 0 Å². The Labute approximate surface area is 123 Å². The second kappa shape index (κ2) is 6.36. The second-order valence-electron chi connectivity index (χ2n) is 6.87. The monoisotopic (exact) mass is 282 g/mol. The van der Waals surface area contributed by atoms with Crippen LogP contribution in [0.1, 0.15) is 51.4 Å². The Kier molecular flexibility index (Phi) is 4.76. The molecule has 1 unspecified atom stereocenters. The van der Waals surface area contributed by atoms with Crippen molar-refractivity contribution >= 4 is 11.8 Å². The van der Waals surface area contributed by atoms with Crippen LogP contribution in [0.25, 0.3) is 0 Å². The molecule has 0 aromatic heterocycles. The molecule has 0 aromatic rings. The molecule has 1 atom stereocenters. The molecule has 0 bridgehead atoms. The van der Waals surface area contributed by atoms with Crippen LogP contribution in [0.15, 0.2) is 0 Å². The third-order valence-electron chi connectivity index (χ3n) is 5.60. The smallest absolute Gasteiger partial charge is 0.0284 e. The number of hydrogen-bond acceptors (Lipinski definition) is 3.